The molecule has 0 amide bonds. The first-order valence-electron chi connectivity index (χ1n) is 6.84. The molecule has 1 aromatic rings. The van der Waals surface area contributed by atoms with E-state index >= 15 is 0 Å². The van der Waals surface area contributed by atoms with Crippen LogP contribution in [0.3, 0.4) is 0 Å². The number of nitrogens with one attached hydrogen (secondary N) is 1. The molecule has 0 saturated heterocycles. The van der Waals surface area contributed by atoms with Crippen LogP contribution in [0.5, 0.6) is 0 Å². The fourth-order valence-electron chi connectivity index (χ4n) is 1.87. The molecule has 1 rings (SSSR count). The summed E-state index contributed by atoms with van der Waals surface area (Å²) in [5.41, 5.74) is 1.22. The lowest BCUT2D eigenvalue weighted by atomic mass is 10.2. The minimum atomic E-state index is 0.152. The Kier molecular flexibility index (Phi) is 6.82. The normalized spacial score (nSPS) is 13.2. The molecule has 18 heavy (non-hydrogen) atoms. The number of aryl methyl sites for hydroxylation is 1. The monoisotopic (exact) mass is 270 g/mol. The molecule has 1 aromatic heterocycles. The van der Waals surface area contributed by atoms with Crippen molar-refractivity contribution in [3.8, 4) is 0 Å². The average molecular weight is 270 g/mol. The average Bonchev–Trinajstić information content (AvgIpc) is 2.73. The van der Waals surface area contributed by atoms with E-state index in [0.717, 1.165) is 30.9 Å². The first-order valence-corrected chi connectivity index (χ1v) is 7.65. The molecule has 1 heterocycles. The van der Waals surface area contributed by atoms with Crippen LogP contribution in [0.2, 0.25) is 0 Å². The van der Waals surface area contributed by atoms with Crippen LogP contribution < -0.4 is 5.32 Å². The van der Waals surface area contributed by atoms with Crippen molar-refractivity contribution in [2.75, 3.05) is 13.7 Å². The Bertz CT molecular complexity index is 346. The van der Waals surface area contributed by atoms with Gasteiger partial charge in [-0.25, -0.2) is 4.98 Å². The highest BCUT2D eigenvalue weighted by atomic mass is 32.1. The van der Waals surface area contributed by atoms with Crippen molar-refractivity contribution in [1.29, 1.82) is 0 Å². The maximum absolute atomic E-state index is 5.47. The zero-order valence-corrected chi connectivity index (χ0v) is 13.1. The van der Waals surface area contributed by atoms with Crippen molar-refractivity contribution >= 4 is 11.3 Å². The fourth-order valence-corrected chi connectivity index (χ4v) is 3.16. The van der Waals surface area contributed by atoms with Gasteiger partial charge in [-0.2, -0.15) is 0 Å². The number of hydrogen-bond acceptors (Lipinski definition) is 4. The SMILES string of the molecule is CCc1nc(C(CC)OC)sc1CNCC(C)C. The van der Waals surface area contributed by atoms with E-state index < -0.39 is 0 Å². The van der Waals surface area contributed by atoms with Gasteiger partial charge in [0.2, 0.25) is 0 Å². The molecule has 0 saturated carbocycles. The molecular formula is C14H26N2OS. The van der Waals surface area contributed by atoms with E-state index in [2.05, 4.69) is 33.0 Å². The first-order chi connectivity index (χ1) is 8.62. The topological polar surface area (TPSA) is 34.1 Å². The van der Waals surface area contributed by atoms with E-state index in [1.165, 1.54) is 10.6 Å². The van der Waals surface area contributed by atoms with Crippen LogP contribution in [-0.2, 0) is 17.7 Å². The molecule has 0 aliphatic rings. The van der Waals surface area contributed by atoms with Gasteiger partial charge in [-0.05, 0) is 25.3 Å². The van der Waals surface area contributed by atoms with Gasteiger partial charge in [0.05, 0.1) is 5.69 Å². The number of rotatable bonds is 8. The van der Waals surface area contributed by atoms with Crippen LogP contribution in [0.25, 0.3) is 0 Å². The van der Waals surface area contributed by atoms with Crippen LogP contribution in [0, 0.1) is 5.92 Å². The second-order valence-corrected chi connectivity index (χ2v) is 6.05. The zero-order valence-electron chi connectivity index (χ0n) is 12.2. The van der Waals surface area contributed by atoms with Gasteiger partial charge in [0.1, 0.15) is 11.1 Å². The zero-order chi connectivity index (χ0) is 13.5. The second-order valence-electron chi connectivity index (χ2n) is 4.93. The highest BCUT2D eigenvalue weighted by molar-refractivity contribution is 7.11. The summed E-state index contributed by atoms with van der Waals surface area (Å²) in [6.07, 6.45) is 2.13. The molecular weight excluding hydrogens is 244 g/mol. The second kappa shape index (κ2) is 7.87. The summed E-state index contributed by atoms with van der Waals surface area (Å²) in [6, 6.07) is 0. The molecule has 0 radical (unpaired) electrons. The lowest BCUT2D eigenvalue weighted by molar-refractivity contribution is 0.0997. The molecule has 0 aromatic carbocycles. The van der Waals surface area contributed by atoms with E-state index in [0.29, 0.717) is 5.92 Å². The third kappa shape index (κ3) is 4.34. The lowest BCUT2D eigenvalue weighted by Gasteiger charge is -2.08. The van der Waals surface area contributed by atoms with Gasteiger partial charge in [-0.1, -0.05) is 27.7 Å². The summed E-state index contributed by atoms with van der Waals surface area (Å²) in [5, 5.41) is 4.62. The molecule has 0 fully saturated rings. The quantitative estimate of drug-likeness (QED) is 0.784. The number of methoxy groups -OCH3 is 1. The van der Waals surface area contributed by atoms with Gasteiger partial charge in [0, 0.05) is 18.5 Å². The van der Waals surface area contributed by atoms with E-state index in [9.17, 15) is 0 Å². The fraction of sp³-hybridized carbons (Fsp3) is 0.786. The Labute approximate surface area is 115 Å². The van der Waals surface area contributed by atoms with Gasteiger partial charge >= 0.3 is 0 Å². The summed E-state index contributed by atoms with van der Waals surface area (Å²) < 4.78 is 5.47. The molecule has 0 aliphatic heterocycles. The summed E-state index contributed by atoms with van der Waals surface area (Å²) in [4.78, 5) is 6.09. The van der Waals surface area contributed by atoms with Crippen LogP contribution in [-0.4, -0.2) is 18.6 Å². The Hall–Kier alpha value is -0.450. The molecule has 1 N–H and O–H groups in total. The third-order valence-electron chi connectivity index (χ3n) is 2.90. The maximum atomic E-state index is 5.47. The van der Waals surface area contributed by atoms with E-state index in [1.807, 2.05) is 0 Å². The van der Waals surface area contributed by atoms with Crippen molar-refractivity contribution in [1.82, 2.24) is 10.3 Å². The predicted octanol–water partition coefficient (Wildman–Crippen LogP) is 3.55. The van der Waals surface area contributed by atoms with Crippen LogP contribution in [0.15, 0.2) is 0 Å². The summed E-state index contributed by atoms with van der Waals surface area (Å²) >= 11 is 1.79. The van der Waals surface area contributed by atoms with Crippen molar-refractivity contribution < 1.29 is 4.74 Å². The van der Waals surface area contributed by atoms with Crippen LogP contribution in [0.1, 0.15) is 55.8 Å². The van der Waals surface area contributed by atoms with Gasteiger partial charge in [-0.15, -0.1) is 11.3 Å². The first kappa shape index (κ1) is 15.6. The number of thiazole rings is 1. The smallest absolute Gasteiger partial charge is 0.122 e. The standard InChI is InChI=1S/C14H26N2OS/c1-6-11-13(9-15-8-10(3)4)18-14(16-11)12(7-2)17-5/h10,12,15H,6-9H2,1-5H3. The lowest BCUT2D eigenvalue weighted by Crippen LogP contribution is -2.18. The molecule has 0 aliphatic carbocycles. The number of ether oxygens (including phenoxy) is 1. The molecule has 0 bridgehead atoms. The van der Waals surface area contributed by atoms with Crippen LogP contribution >= 0.6 is 11.3 Å². The summed E-state index contributed by atoms with van der Waals surface area (Å²) in [7, 11) is 1.76. The number of hydrogen-bond donors (Lipinski definition) is 1. The largest absolute Gasteiger partial charge is 0.374 e. The Balaban J connectivity index is 2.71. The molecule has 1 atom stereocenters. The van der Waals surface area contributed by atoms with Gasteiger partial charge in [-0.3, -0.25) is 0 Å². The van der Waals surface area contributed by atoms with E-state index in [1.54, 1.807) is 18.4 Å². The molecule has 0 spiro atoms. The highest BCUT2D eigenvalue weighted by Crippen LogP contribution is 2.28. The van der Waals surface area contributed by atoms with Gasteiger partial charge < -0.3 is 10.1 Å². The third-order valence-corrected chi connectivity index (χ3v) is 4.09. The van der Waals surface area contributed by atoms with Crippen molar-refractivity contribution in [3.63, 3.8) is 0 Å². The molecule has 3 nitrogen and oxygen atoms in total. The van der Waals surface area contributed by atoms with Crippen LogP contribution in [0.4, 0.5) is 0 Å². The van der Waals surface area contributed by atoms with Crippen molar-refractivity contribution in [2.24, 2.45) is 5.92 Å². The predicted molar refractivity (Wildman–Crippen MR) is 78.1 cm³/mol. The molecule has 4 heteroatoms. The molecule has 104 valence electrons. The molecule has 1 unspecified atom stereocenters. The van der Waals surface area contributed by atoms with Gasteiger partial charge in [0.25, 0.3) is 0 Å². The minimum absolute atomic E-state index is 0.152. The van der Waals surface area contributed by atoms with Gasteiger partial charge in [0.15, 0.2) is 0 Å². The highest BCUT2D eigenvalue weighted by Gasteiger charge is 2.16. The Morgan fingerprint density at radius 3 is 2.56 bits per heavy atom. The van der Waals surface area contributed by atoms with E-state index in [-0.39, 0.29) is 6.10 Å². The summed E-state index contributed by atoms with van der Waals surface area (Å²) in [6.45, 7) is 10.7. The number of nitrogens with zero attached hydrogens (tertiary/aromatic N) is 1. The van der Waals surface area contributed by atoms with Crippen molar-refractivity contribution in [3.05, 3.63) is 15.6 Å². The maximum Gasteiger partial charge on any atom is 0.122 e. The number of aromatic nitrogens is 1. The minimum Gasteiger partial charge on any atom is -0.374 e. The Morgan fingerprint density at radius 2 is 2.06 bits per heavy atom. The Morgan fingerprint density at radius 1 is 1.33 bits per heavy atom. The van der Waals surface area contributed by atoms with Crippen molar-refractivity contribution in [2.45, 2.75) is 53.2 Å². The summed E-state index contributed by atoms with van der Waals surface area (Å²) in [5.74, 6) is 0.685. The van der Waals surface area contributed by atoms with E-state index in [4.69, 9.17) is 9.72 Å².